The van der Waals surface area contributed by atoms with Gasteiger partial charge in [0, 0.05) is 36.1 Å². The molecule has 0 fully saturated rings. The lowest BCUT2D eigenvalue weighted by molar-refractivity contribution is -0.384. The third-order valence-electron chi connectivity index (χ3n) is 4.06. The van der Waals surface area contributed by atoms with Gasteiger partial charge in [-0.1, -0.05) is 0 Å². The van der Waals surface area contributed by atoms with E-state index in [2.05, 4.69) is 31.0 Å². The molecule has 0 saturated heterocycles. The van der Waals surface area contributed by atoms with Crippen molar-refractivity contribution < 1.29 is 14.5 Å². The fraction of sp³-hybridized carbons (Fsp3) is 0.316. The van der Waals surface area contributed by atoms with Gasteiger partial charge in [-0.25, -0.2) is 0 Å². The molecule has 0 saturated carbocycles. The Bertz CT molecular complexity index is 788. The van der Waals surface area contributed by atoms with Crippen LogP contribution in [0.25, 0.3) is 0 Å². The third-order valence-corrected chi connectivity index (χ3v) is 4.06. The van der Waals surface area contributed by atoms with Gasteiger partial charge in [0.2, 0.25) is 0 Å². The fourth-order valence-electron chi connectivity index (χ4n) is 2.77. The molecular weight excluding hydrogens is 334 g/mol. The third kappa shape index (κ3) is 4.30. The maximum Gasteiger partial charge on any atom is 0.270 e. The number of amides is 1. The van der Waals surface area contributed by atoms with Gasteiger partial charge in [-0.3, -0.25) is 14.9 Å². The summed E-state index contributed by atoms with van der Waals surface area (Å²) in [6.07, 6.45) is 0. The molecular formula is C19H23N3O4. The lowest BCUT2D eigenvalue weighted by Crippen LogP contribution is -2.30. The van der Waals surface area contributed by atoms with Crippen molar-refractivity contribution in [3.63, 3.8) is 0 Å². The number of methoxy groups -OCH3 is 1. The summed E-state index contributed by atoms with van der Waals surface area (Å²) < 4.78 is 5.14. The molecule has 0 aliphatic rings. The number of rotatable bonds is 7. The van der Waals surface area contributed by atoms with E-state index in [4.69, 9.17) is 4.74 Å². The number of nitro groups is 1. The zero-order valence-corrected chi connectivity index (χ0v) is 15.4. The van der Waals surface area contributed by atoms with E-state index >= 15 is 0 Å². The van der Waals surface area contributed by atoms with Crippen LogP contribution in [0.1, 0.15) is 31.1 Å². The highest BCUT2D eigenvalue weighted by Crippen LogP contribution is 2.26. The van der Waals surface area contributed by atoms with Gasteiger partial charge < -0.3 is 15.0 Å². The van der Waals surface area contributed by atoms with Crippen molar-refractivity contribution in [2.45, 2.75) is 26.8 Å². The Morgan fingerprint density at radius 1 is 1.23 bits per heavy atom. The Hall–Kier alpha value is -3.09. The molecule has 1 N–H and O–H groups in total. The number of nitrogens with zero attached hydrogens (tertiary/aromatic N) is 2. The van der Waals surface area contributed by atoms with E-state index in [0.29, 0.717) is 11.7 Å². The second-order valence-corrected chi connectivity index (χ2v) is 6.02. The maximum atomic E-state index is 12.5. The van der Waals surface area contributed by atoms with E-state index in [0.717, 1.165) is 12.2 Å². The molecule has 0 atom stereocenters. The van der Waals surface area contributed by atoms with Crippen LogP contribution in [0.3, 0.4) is 0 Å². The first-order valence-electron chi connectivity index (χ1n) is 8.37. The van der Waals surface area contributed by atoms with Crippen molar-refractivity contribution in [1.82, 2.24) is 0 Å². The van der Waals surface area contributed by atoms with Gasteiger partial charge in [-0.15, -0.1) is 0 Å². The molecule has 0 spiro atoms. The molecule has 0 bridgehead atoms. The van der Waals surface area contributed by atoms with Crippen LogP contribution in [0.4, 0.5) is 17.1 Å². The second kappa shape index (κ2) is 8.33. The monoisotopic (exact) mass is 357 g/mol. The molecule has 0 radical (unpaired) electrons. The number of ether oxygens (including phenoxy) is 1. The van der Waals surface area contributed by atoms with Gasteiger partial charge in [0.25, 0.3) is 11.6 Å². The van der Waals surface area contributed by atoms with Gasteiger partial charge in [-0.05, 0) is 51.1 Å². The summed E-state index contributed by atoms with van der Waals surface area (Å²) in [6, 6.07) is 11.8. The molecule has 0 aromatic heterocycles. The number of carbonyl (C=O) groups excluding carboxylic acids is 1. The molecule has 0 unspecified atom stereocenters. The van der Waals surface area contributed by atoms with E-state index in [1.807, 2.05) is 24.3 Å². The van der Waals surface area contributed by atoms with E-state index < -0.39 is 10.8 Å². The van der Waals surface area contributed by atoms with Gasteiger partial charge in [0.1, 0.15) is 5.75 Å². The SMILES string of the molecule is CCN(c1ccc(NC(=O)c2cc([N+](=O)[O-])ccc2OC)cc1)C(C)C. The van der Waals surface area contributed by atoms with Crippen molar-refractivity contribution in [3.05, 3.63) is 58.1 Å². The maximum absolute atomic E-state index is 12.5. The van der Waals surface area contributed by atoms with Crippen molar-refractivity contribution in [2.75, 3.05) is 23.9 Å². The molecule has 0 aliphatic carbocycles. The van der Waals surface area contributed by atoms with E-state index in [9.17, 15) is 14.9 Å². The molecule has 0 aliphatic heterocycles. The quantitative estimate of drug-likeness (QED) is 0.596. The van der Waals surface area contributed by atoms with Gasteiger partial charge >= 0.3 is 0 Å². The first-order chi connectivity index (χ1) is 12.4. The summed E-state index contributed by atoms with van der Waals surface area (Å²) in [5.74, 6) is -0.184. The number of anilines is 2. The highest BCUT2D eigenvalue weighted by molar-refractivity contribution is 6.06. The lowest BCUT2D eigenvalue weighted by Gasteiger charge is -2.27. The first kappa shape index (κ1) is 19.2. The normalized spacial score (nSPS) is 10.5. The van der Waals surface area contributed by atoms with Crippen LogP contribution in [0, 0.1) is 10.1 Å². The summed E-state index contributed by atoms with van der Waals surface area (Å²) in [4.78, 5) is 25.2. The average molecular weight is 357 g/mol. The molecule has 138 valence electrons. The Balaban J connectivity index is 2.22. The largest absolute Gasteiger partial charge is 0.496 e. The summed E-state index contributed by atoms with van der Waals surface area (Å²) in [6.45, 7) is 7.21. The van der Waals surface area contributed by atoms with Crippen LogP contribution in [0.15, 0.2) is 42.5 Å². The van der Waals surface area contributed by atoms with Gasteiger partial charge in [0.15, 0.2) is 0 Å². The van der Waals surface area contributed by atoms with Crippen molar-refractivity contribution in [3.8, 4) is 5.75 Å². The van der Waals surface area contributed by atoms with Crippen LogP contribution in [-0.2, 0) is 0 Å². The molecule has 26 heavy (non-hydrogen) atoms. The Morgan fingerprint density at radius 3 is 2.38 bits per heavy atom. The summed E-state index contributed by atoms with van der Waals surface area (Å²) in [7, 11) is 1.41. The standard InChI is InChI=1S/C19H23N3O4/c1-5-21(13(2)3)15-8-6-14(7-9-15)20-19(23)17-12-16(22(24)25)10-11-18(17)26-4/h6-13H,5H2,1-4H3,(H,20,23). The zero-order valence-electron chi connectivity index (χ0n) is 15.4. The number of hydrogen-bond donors (Lipinski definition) is 1. The van der Waals surface area contributed by atoms with Crippen LogP contribution in [0.5, 0.6) is 5.75 Å². The topological polar surface area (TPSA) is 84.7 Å². The lowest BCUT2D eigenvalue weighted by atomic mass is 10.1. The highest BCUT2D eigenvalue weighted by atomic mass is 16.6. The molecule has 7 heteroatoms. The van der Waals surface area contributed by atoms with Crippen molar-refractivity contribution in [1.29, 1.82) is 0 Å². The van der Waals surface area contributed by atoms with Crippen LogP contribution < -0.4 is 15.0 Å². The predicted molar refractivity (Wildman–Crippen MR) is 102 cm³/mol. The highest BCUT2D eigenvalue weighted by Gasteiger charge is 2.18. The molecule has 1 amide bonds. The van der Waals surface area contributed by atoms with Crippen molar-refractivity contribution >= 4 is 23.0 Å². The smallest absolute Gasteiger partial charge is 0.270 e. The number of nitro benzene ring substituents is 1. The van der Waals surface area contributed by atoms with Crippen LogP contribution >= 0.6 is 0 Å². The van der Waals surface area contributed by atoms with Gasteiger partial charge in [0.05, 0.1) is 17.6 Å². The predicted octanol–water partition coefficient (Wildman–Crippen LogP) is 4.09. The van der Waals surface area contributed by atoms with Gasteiger partial charge in [-0.2, -0.15) is 0 Å². The number of benzene rings is 2. The number of carbonyl (C=O) groups is 1. The molecule has 2 rings (SSSR count). The summed E-state index contributed by atoms with van der Waals surface area (Å²) in [5, 5.41) is 13.7. The molecule has 2 aromatic rings. The number of hydrogen-bond acceptors (Lipinski definition) is 5. The molecule has 7 nitrogen and oxygen atoms in total. The second-order valence-electron chi connectivity index (χ2n) is 6.02. The van der Waals surface area contributed by atoms with Crippen molar-refractivity contribution in [2.24, 2.45) is 0 Å². The minimum Gasteiger partial charge on any atom is -0.496 e. The van der Waals surface area contributed by atoms with E-state index in [1.165, 1.54) is 25.3 Å². The van der Waals surface area contributed by atoms with E-state index in [-0.39, 0.29) is 17.0 Å². The Kier molecular flexibility index (Phi) is 6.16. The number of nitrogens with one attached hydrogen (secondary N) is 1. The average Bonchev–Trinajstić information content (AvgIpc) is 2.62. The molecule has 2 aromatic carbocycles. The van der Waals surface area contributed by atoms with Crippen LogP contribution in [0.2, 0.25) is 0 Å². The van der Waals surface area contributed by atoms with E-state index in [1.54, 1.807) is 0 Å². The minimum atomic E-state index is -0.545. The fourth-order valence-corrected chi connectivity index (χ4v) is 2.77. The Morgan fingerprint density at radius 2 is 1.88 bits per heavy atom. The first-order valence-corrected chi connectivity index (χ1v) is 8.37. The zero-order chi connectivity index (χ0) is 19.3. The van der Waals surface area contributed by atoms with Crippen LogP contribution in [-0.4, -0.2) is 30.5 Å². The number of non-ortho nitro benzene ring substituents is 1. The Labute approximate surface area is 152 Å². The summed E-state index contributed by atoms with van der Waals surface area (Å²) in [5.41, 5.74) is 1.62. The summed E-state index contributed by atoms with van der Waals surface area (Å²) >= 11 is 0. The molecule has 0 heterocycles. The minimum absolute atomic E-state index is 0.114.